The molecule has 0 radical (unpaired) electrons. The van der Waals surface area contributed by atoms with Crippen LogP contribution in [0.4, 0.5) is 0 Å². The van der Waals surface area contributed by atoms with Gasteiger partial charge in [0, 0.05) is 12.0 Å². The van der Waals surface area contributed by atoms with Crippen molar-refractivity contribution < 1.29 is 5.11 Å². The first-order valence-electron chi connectivity index (χ1n) is 8.15. The van der Waals surface area contributed by atoms with Crippen molar-refractivity contribution in [2.45, 2.75) is 78.2 Å². The third-order valence-corrected chi connectivity index (χ3v) is 6.27. The van der Waals surface area contributed by atoms with E-state index in [2.05, 4.69) is 27.7 Å². The minimum absolute atomic E-state index is 0.00920. The second kappa shape index (κ2) is 5.04. The Kier molecular flexibility index (Phi) is 4.06. The molecule has 2 heteroatoms. The van der Waals surface area contributed by atoms with E-state index >= 15 is 0 Å². The lowest BCUT2D eigenvalue weighted by Gasteiger charge is -2.50. The summed E-state index contributed by atoms with van der Waals surface area (Å²) < 4.78 is 0. The first-order chi connectivity index (χ1) is 8.72. The molecular formula is C17H33NO. The third kappa shape index (κ3) is 2.71. The maximum atomic E-state index is 11.2. The second-order valence-electron chi connectivity index (χ2n) is 8.50. The highest BCUT2D eigenvalue weighted by Crippen LogP contribution is 2.55. The minimum Gasteiger partial charge on any atom is -0.389 e. The quantitative estimate of drug-likeness (QED) is 0.801. The van der Waals surface area contributed by atoms with Crippen LogP contribution in [0.25, 0.3) is 0 Å². The second-order valence-corrected chi connectivity index (χ2v) is 8.50. The summed E-state index contributed by atoms with van der Waals surface area (Å²) in [6.45, 7) is 9.96. The van der Waals surface area contributed by atoms with Crippen LogP contribution < -0.4 is 5.73 Å². The van der Waals surface area contributed by atoms with Gasteiger partial charge in [0.25, 0.3) is 0 Å². The normalized spacial score (nSPS) is 44.5. The lowest BCUT2D eigenvalue weighted by Crippen LogP contribution is -2.53. The summed E-state index contributed by atoms with van der Waals surface area (Å²) in [6, 6.07) is 0. The van der Waals surface area contributed by atoms with Crippen LogP contribution in [0.15, 0.2) is 0 Å². The first-order valence-corrected chi connectivity index (χ1v) is 8.15. The summed E-state index contributed by atoms with van der Waals surface area (Å²) in [6.07, 6.45) is 7.73. The molecule has 0 aromatic carbocycles. The smallest absolute Gasteiger partial charge is 0.0716 e. The van der Waals surface area contributed by atoms with Gasteiger partial charge in [-0.3, -0.25) is 0 Å². The van der Waals surface area contributed by atoms with Gasteiger partial charge in [-0.2, -0.15) is 0 Å². The number of aliphatic hydroxyl groups is 1. The maximum absolute atomic E-state index is 11.2. The van der Waals surface area contributed by atoms with Gasteiger partial charge in [-0.1, -0.05) is 34.1 Å². The number of hydrogen-bond donors (Lipinski definition) is 2. The van der Waals surface area contributed by atoms with E-state index in [1.165, 1.54) is 6.42 Å². The molecule has 0 heterocycles. The van der Waals surface area contributed by atoms with E-state index in [0.29, 0.717) is 12.0 Å². The molecule has 2 rings (SSSR count). The van der Waals surface area contributed by atoms with Gasteiger partial charge in [0.2, 0.25) is 0 Å². The van der Waals surface area contributed by atoms with E-state index in [9.17, 15) is 5.11 Å². The zero-order valence-corrected chi connectivity index (χ0v) is 13.3. The molecule has 2 nitrogen and oxygen atoms in total. The Morgan fingerprint density at radius 2 is 1.68 bits per heavy atom. The molecule has 112 valence electrons. The monoisotopic (exact) mass is 267 g/mol. The number of rotatable bonds is 2. The van der Waals surface area contributed by atoms with Crippen LogP contribution in [0.1, 0.15) is 72.6 Å². The van der Waals surface area contributed by atoms with Crippen molar-refractivity contribution in [2.24, 2.45) is 28.4 Å². The van der Waals surface area contributed by atoms with Gasteiger partial charge in [-0.25, -0.2) is 0 Å². The molecule has 19 heavy (non-hydrogen) atoms. The highest BCUT2D eigenvalue weighted by molar-refractivity contribution is 5.05. The zero-order valence-electron chi connectivity index (χ0n) is 13.3. The SMILES string of the molecule is CC1CCC(CN)(C2(O)CCC(C(C)(C)C)CC2)C1. The average molecular weight is 267 g/mol. The molecule has 2 aliphatic rings. The molecule has 0 saturated heterocycles. The fourth-order valence-electron chi connectivity index (χ4n) is 4.68. The topological polar surface area (TPSA) is 46.2 Å². The molecule has 2 atom stereocenters. The third-order valence-electron chi connectivity index (χ3n) is 6.27. The highest BCUT2D eigenvalue weighted by Gasteiger charge is 2.53. The molecule has 2 saturated carbocycles. The van der Waals surface area contributed by atoms with Crippen LogP contribution in [0.5, 0.6) is 0 Å². The highest BCUT2D eigenvalue weighted by atomic mass is 16.3. The largest absolute Gasteiger partial charge is 0.389 e. The summed E-state index contributed by atoms with van der Waals surface area (Å²) in [7, 11) is 0. The van der Waals surface area contributed by atoms with Crippen molar-refractivity contribution in [1.82, 2.24) is 0 Å². The Labute approximate surface area is 119 Å². The Morgan fingerprint density at radius 1 is 1.11 bits per heavy atom. The van der Waals surface area contributed by atoms with Crippen LogP contribution in [0, 0.1) is 22.7 Å². The minimum atomic E-state index is -0.492. The van der Waals surface area contributed by atoms with Crippen molar-refractivity contribution in [3.8, 4) is 0 Å². The molecular weight excluding hydrogens is 234 g/mol. The van der Waals surface area contributed by atoms with Crippen molar-refractivity contribution in [1.29, 1.82) is 0 Å². The molecule has 0 aromatic heterocycles. The van der Waals surface area contributed by atoms with Crippen LogP contribution >= 0.6 is 0 Å². The summed E-state index contributed by atoms with van der Waals surface area (Å²) in [5.74, 6) is 1.48. The van der Waals surface area contributed by atoms with E-state index in [-0.39, 0.29) is 5.41 Å². The van der Waals surface area contributed by atoms with Crippen molar-refractivity contribution in [3.63, 3.8) is 0 Å². The number of nitrogens with two attached hydrogens (primary N) is 1. The Bertz CT molecular complexity index is 312. The zero-order chi connectivity index (χ0) is 14.3. The molecule has 0 aliphatic heterocycles. The van der Waals surface area contributed by atoms with Crippen LogP contribution in [0.3, 0.4) is 0 Å². The van der Waals surface area contributed by atoms with Crippen LogP contribution in [0.2, 0.25) is 0 Å². The summed E-state index contributed by atoms with van der Waals surface area (Å²) in [4.78, 5) is 0. The van der Waals surface area contributed by atoms with Gasteiger partial charge in [0.05, 0.1) is 5.60 Å². The molecule has 0 bridgehead atoms. The first kappa shape index (κ1) is 15.3. The van der Waals surface area contributed by atoms with E-state index in [4.69, 9.17) is 5.73 Å². The number of hydrogen-bond acceptors (Lipinski definition) is 2. The molecule has 0 amide bonds. The van der Waals surface area contributed by atoms with Crippen LogP contribution in [-0.4, -0.2) is 17.3 Å². The van der Waals surface area contributed by atoms with E-state index in [0.717, 1.165) is 50.4 Å². The van der Waals surface area contributed by atoms with Gasteiger partial charge in [-0.05, 0) is 55.8 Å². The summed E-state index contributed by atoms with van der Waals surface area (Å²) in [5, 5.41) is 11.2. The molecule has 2 aliphatic carbocycles. The van der Waals surface area contributed by atoms with Crippen molar-refractivity contribution in [3.05, 3.63) is 0 Å². The predicted octanol–water partition coefficient (Wildman–Crippen LogP) is 3.72. The average Bonchev–Trinajstić information content (AvgIpc) is 2.72. The van der Waals surface area contributed by atoms with Gasteiger partial charge < -0.3 is 10.8 Å². The molecule has 2 unspecified atom stereocenters. The Morgan fingerprint density at radius 3 is 2.05 bits per heavy atom. The molecule has 3 N–H and O–H groups in total. The van der Waals surface area contributed by atoms with Gasteiger partial charge in [-0.15, -0.1) is 0 Å². The van der Waals surface area contributed by atoms with E-state index < -0.39 is 5.60 Å². The Balaban J connectivity index is 2.09. The van der Waals surface area contributed by atoms with Gasteiger partial charge in [0.1, 0.15) is 0 Å². The summed E-state index contributed by atoms with van der Waals surface area (Å²) in [5.41, 5.74) is 6.00. The van der Waals surface area contributed by atoms with Gasteiger partial charge >= 0.3 is 0 Å². The maximum Gasteiger partial charge on any atom is 0.0716 e. The lowest BCUT2D eigenvalue weighted by molar-refractivity contribution is -0.119. The standard InChI is InChI=1S/C17H33NO/c1-13-5-8-16(11-13,12-18)17(19)9-6-14(7-10-17)15(2,3)4/h13-14,19H,5-12,18H2,1-4H3. The van der Waals surface area contributed by atoms with Crippen LogP contribution in [-0.2, 0) is 0 Å². The van der Waals surface area contributed by atoms with E-state index in [1.807, 2.05) is 0 Å². The molecule has 0 aromatic rings. The fraction of sp³-hybridized carbons (Fsp3) is 1.00. The van der Waals surface area contributed by atoms with Crippen molar-refractivity contribution >= 4 is 0 Å². The van der Waals surface area contributed by atoms with Crippen molar-refractivity contribution in [2.75, 3.05) is 6.54 Å². The lowest BCUT2D eigenvalue weighted by atomic mass is 9.59. The fourth-order valence-corrected chi connectivity index (χ4v) is 4.68. The Hall–Kier alpha value is -0.0800. The molecule has 2 fully saturated rings. The van der Waals surface area contributed by atoms with Gasteiger partial charge in [0.15, 0.2) is 0 Å². The predicted molar refractivity (Wildman–Crippen MR) is 80.9 cm³/mol. The summed E-state index contributed by atoms with van der Waals surface area (Å²) >= 11 is 0. The van der Waals surface area contributed by atoms with E-state index in [1.54, 1.807) is 0 Å². The molecule has 0 spiro atoms.